The zero-order chi connectivity index (χ0) is 18.1. The molecule has 0 unspecified atom stereocenters. The Kier molecular flexibility index (Phi) is 4.32. The number of carbonyl (C=O) groups is 1. The normalized spacial score (nSPS) is 17.5. The van der Waals surface area contributed by atoms with Gasteiger partial charge in [-0.25, -0.2) is 9.50 Å². The minimum atomic E-state index is -0.00134. The van der Waals surface area contributed by atoms with Crippen molar-refractivity contribution in [1.29, 1.82) is 0 Å². The number of rotatable bonds is 3. The smallest absolute Gasteiger partial charge is 0.254 e. The Morgan fingerprint density at radius 2 is 2.00 bits per heavy atom. The van der Waals surface area contributed by atoms with Gasteiger partial charge in [0.2, 0.25) is 0 Å². The maximum Gasteiger partial charge on any atom is 0.254 e. The molecule has 134 valence electrons. The number of benzene rings is 1. The second-order valence-electron chi connectivity index (χ2n) is 6.68. The molecule has 0 bridgehead atoms. The molecule has 3 heterocycles. The zero-order valence-corrected chi connectivity index (χ0v) is 15.1. The summed E-state index contributed by atoms with van der Waals surface area (Å²) in [6, 6.07) is 11.2. The van der Waals surface area contributed by atoms with Crippen molar-refractivity contribution in [3.8, 4) is 5.75 Å². The molecule has 6 heteroatoms. The molecule has 1 aliphatic rings. The Balaban J connectivity index is 1.65. The highest BCUT2D eigenvalue weighted by atomic mass is 16.5. The summed E-state index contributed by atoms with van der Waals surface area (Å²) in [4.78, 5) is 19.8. The number of ether oxygens (including phenoxy) is 1. The highest BCUT2D eigenvalue weighted by Gasteiger charge is 2.29. The van der Waals surface area contributed by atoms with Crippen molar-refractivity contribution in [1.82, 2.24) is 19.5 Å². The van der Waals surface area contributed by atoms with E-state index in [1.54, 1.807) is 11.6 Å². The fourth-order valence-corrected chi connectivity index (χ4v) is 3.58. The van der Waals surface area contributed by atoms with E-state index in [0.717, 1.165) is 48.6 Å². The molecule has 1 atom stereocenters. The van der Waals surface area contributed by atoms with E-state index in [0.29, 0.717) is 5.56 Å². The third kappa shape index (κ3) is 3.03. The van der Waals surface area contributed by atoms with Crippen LogP contribution in [-0.2, 0) is 0 Å². The maximum atomic E-state index is 13.1. The molecular formula is C20H22N4O2. The summed E-state index contributed by atoms with van der Waals surface area (Å²) < 4.78 is 6.96. The van der Waals surface area contributed by atoms with Crippen molar-refractivity contribution in [2.24, 2.45) is 0 Å². The number of aryl methyl sites for hydroxylation is 1. The summed E-state index contributed by atoms with van der Waals surface area (Å²) in [6.45, 7) is 2.70. The first-order valence-electron chi connectivity index (χ1n) is 8.93. The van der Waals surface area contributed by atoms with Crippen molar-refractivity contribution in [2.75, 3.05) is 13.7 Å². The third-order valence-electron chi connectivity index (χ3n) is 4.91. The van der Waals surface area contributed by atoms with Crippen LogP contribution in [0, 0.1) is 6.92 Å². The van der Waals surface area contributed by atoms with Crippen LogP contribution in [0.15, 0.2) is 42.6 Å². The Labute approximate surface area is 152 Å². The molecule has 1 saturated heterocycles. The van der Waals surface area contributed by atoms with Crippen LogP contribution >= 0.6 is 0 Å². The molecule has 0 radical (unpaired) electrons. The molecule has 0 aliphatic carbocycles. The molecule has 6 nitrogen and oxygen atoms in total. The summed E-state index contributed by atoms with van der Waals surface area (Å²) in [5.41, 5.74) is 3.37. The number of hydrogen-bond acceptors (Lipinski definition) is 4. The van der Waals surface area contributed by atoms with Crippen molar-refractivity contribution < 1.29 is 9.53 Å². The lowest BCUT2D eigenvalue weighted by Gasteiger charge is -2.35. The fourth-order valence-electron chi connectivity index (χ4n) is 3.58. The molecule has 0 spiro atoms. The number of hydrogen-bond donors (Lipinski definition) is 0. The summed E-state index contributed by atoms with van der Waals surface area (Å²) in [6.07, 6.45) is 4.97. The standard InChI is InChI=1S/C20H22N4O2/c1-14-13-19-21-17(10-12-24(19)22-14)18-5-3-4-11-23(18)20(25)15-6-8-16(26-2)9-7-15/h6-10,12-13,18H,3-5,11H2,1-2H3/t18-/m0/s1. The molecule has 0 saturated carbocycles. The SMILES string of the molecule is COc1ccc(C(=O)N2CCCC[C@H]2c2ccn3nc(C)cc3n2)cc1. The first-order chi connectivity index (χ1) is 12.7. The average Bonchev–Trinajstić information content (AvgIpc) is 3.06. The highest BCUT2D eigenvalue weighted by molar-refractivity contribution is 5.94. The lowest BCUT2D eigenvalue weighted by molar-refractivity contribution is 0.0606. The molecule has 26 heavy (non-hydrogen) atoms. The molecular weight excluding hydrogens is 328 g/mol. The van der Waals surface area contributed by atoms with Gasteiger partial charge in [0.1, 0.15) is 5.75 Å². The molecule has 4 rings (SSSR count). The quantitative estimate of drug-likeness (QED) is 0.726. The van der Waals surface area contributed by atoms with Crippen molar-refractivity contribution in [2.45, 2.75) is 32.2 Å². The Hall–Kier alpha value is -2.89. The van der Waals surface area contributed by atoms with Crippen molar-refractivity contribution in [3.05, 3.63) is 59.5 Å². The second kappa shape index (κ2) is 6.78. The van der Waals surface area contributed by atoms with Gasteiger partial charge in [0.25, 0.3) is 5.91 Å². The fraction of sp³-hybridized carbons (Fsp3) is 0.350. The number of piperidine rings is 1. The number of nitrogens with zero attached hydrogens (tertiary/aromatic N) is 4. The van der Waals surface area contributed by atoms with E-state index in [1.165, 1.54) is 0 Å². The minimum Gasteiger partial charge on any atom is -0.497 e. The van der Waals surface area contributed by atoms with E-state index in [4.69, 9.17) is 9.72 Å². The predicted molar refractivity (Wildman–Crippen MR) is 98.3 cm³/mol. The Bertz CT molecular complexity index is 933. The van der Waals surface area contributed by atoms with Gasteiger partial charge in [-0.15, -0.1) is 0 Å². The molecule has 1 aliphatic heterocycles. The lowest BCUT2D eigenvalue weighted by Crippen LogP contribution is -2.38. The average molecular weight is 350 g/mol. The number of likely N-dealkylation sites (tertiary alicyclic amines) is 1. The van der Waals surface area contributed by atoms with Gasteiger partial charge < -0.3 is 9.64 Å². The minimum absolute atomic E-state index is 0.00134. The van der Waals surface area contributed by atoms with E-state index < -0.39 is 0 Å². The van der Waals surface area contributed by atoms with Gasteiger partial charge in [-0.2, -0.15) is 5.10 Å². The summed E-state index contributed by atoms with van der Waals surface area (Å²) >= 11 is 0. The van der Waals surface area contributed by atoms with Gasteiger partial charge in [0, 0.05) is 24.4 Å². The van der Waals surface area contributed by atoms with Crippen LogP contribution in [0.2, 0.25) is 0 Å². The molecule has 2 aromatic heterocycles. The van der Waals surface area contributed by atoms with Crippen LogP contribution in [0.5, 0.6) is 5.75 Å². The van der Waals surface area contributed by atoms with E-state index in [9.17, 15) is 4.79 Å². The summed E-state index contributed by atoms with van der Waals surface area (Å²) in [5.74, 6) is 0.795. The summed E-state index contributed by atoms with van der Waals surface area (Å²) in [7, 11) is 1.62. The van der Waals surface area contributed by atoms with Crippen molar-refractivity contribution >= 4 is 11.6 Å². The van der Waals surface area contributed by atoms with Crippen LogP contribution in [0.4, 0.5) is 0 Å². The number of amides is 1. The Morgan fingerprint density at radius 3 is 2.77 bits per heavy atom. The zero-order valence-electron chi connectivity index (χ0n) is 15.1. The molecule has 1 fully saturated rings. The molecule has 0 N–H and O–H groups in total. The van der Waals surface area contributed by atoms with Gasteiger partial charge in [0.05, 0.1) is 24.5 Å². The number of aromatic nitrogens is 3. The van der Waals surface area contributed by atoms with Gasteiger partial charge in [-0.3, -0.25) is 4.79 Å². The number of fused-ring (bicyclic) bond motifs is 1. The lowest BCUT2D eigenvalue weighted by atomic mass is 9.98. The van der Waals surface area contributed by atoms with Gasteiger partial charge in [0.15, 0.2) is 5.65 Å². The van der Waals surface area contributed by atoms with Crippen LogP contribution in [0.3, 0.4) is 0 Å². The first-order valence-corrected chi connectivity index (χ1v) is 8.93. The van der Waals surface area contributed by atoms with Crippen LogP contribution in [-0.4, -0.2) is 39.1 Å². The number of methoxy groups -OCH3 is 1. The largest absolute Gasteiger partial charge is 0.497 e. The van der Waals surface area contributed by atoms with E-state index in [-0.39, 0.29) is 11.9 Å². The van der Waals surface area contributed by atoms with Crippen LogP contribution < -0.4 is 4.74 Å². The van der Waals surface area contributed by atoms with Crippen molar-refractivity contribution in [3.63, 3.8) is 0 Å². The topological polar surface area (TPSA) is 59.7 Å². The van der Waals surface area contributed by atoms with E-state index in [1.807, 2.05) is 54.4 Å². The van der Waals surface area contributed by atoms with Gasteiger partial charge in [-0.05, 0) is 56.5 Å². The Morgan fingerprint density at radius 1 is 1.19 bits per heavy atom. The van der Waals surface area contributed by atoms with E-state index >= 15 is 0 Å². The summed E-state index contributed by atoms with van der Waals surface area (Å²) in [5, 5.41) is 4.38. The molecule has 3 aromatic rings. The predicted octanol–water partition coefficient (Wildman–Crippen LogP) is 3.41. The highest BCUT2D eigenvalue weighted by Crippen LogP contribution is 2.31. The number of carbonyl (C=O) groups excluding carboxylic acids is 1. The molecule has 1 amide bonds. The first kappa shape index (κ1) is 16.6. The van der Waals surface area contributed by atoms with Gasteiger partial charge >= 0.3 is 0 Å². The monoisotopic (exact) mass is 350 g/mol. The van der Waals surface area contributed by atoms with E-state index in [2.05, 4.69) is 5.10 Å². The molecule has 1 aromatic carbocycles. The third-order valence-corrected chi connectivity index (χ3v) is 4.91. The van der Waals surface area contributed by atoms with Crippen LogP contribution in [0.25, 0.3) is 5.65 Å². The second-order valence-corrected chi connectivity index (χ2v) is 6.68. The van der Waals surface area contributed by atoms with Crippen LogP contribution in [0.1, 0.15) is 47.1 Å². The van der Waals surface area contributed by atoms with Gasteiger partial charge in [-0.1, -0.05) is 0 Å². The maximum absolute atomic E-state index is 13.1.